The largest absolute Gasteiger partial charge is 0.485 e. The van der Waals surface area contributed by atoms with Crippen molar-refractivity contribution in [3.63, 3.8) is 0 Å². The Bertz CT molecular complexity index is 979. The van der Waals surface area contributed by atoms with Crippen molar-refractivity contribution in [3.05, 3.63) is 65.5 Å². The van der Waals surface area contributed by atoms with Crippen LogP contribution >= 0.6 is 11.8 Å². The molecular formula is C20H19N5O2S. The highest BCUT2D eigenvalue weighted by atomic mass is 32.2. The van der Waals surface area contributed by atoms with Crippen LogP contribution in [0.4, 0.5) is 5.69 Å². The number of anilines is 1. The molecule has 2 N–H and O–H groups in total. The van der Waals surface area contributed by atoms with Crippen molar-refractivity contribution in [2.24, 2.45) is 0 Å². The number of rotatable bonds is 8. The number of nitriles is 1. The Kier molecular flexibility index (Phi) is 6.65. The van der Waals surface area contributed by atoms with Gasteiger partial charge < -0.3 is 10.1 Å². The van der Waals surface area contributed by atoms with E-state index in [1.807, 2.05) is 43.3 Å². The van der Waals surface area contributed by atoms with Crippen LogP contribution in [0.15, 0.2) is 53.7 Å². The third kappa shape index (κ3) is 5.59. The standard InChI is InChI=1S/C20H19N5O2S/c1-14-4-2-3-5-17(14)27-12-18-23-20(25-24-18)28-13-19(26)22-16-8-6-15(7-9-16)10-11-21/h2-9H,10,12-13H2,1H3,(H,22,26)(H,23,24,25). The number of aryl methyl sites for hydroxylation is 1. The second-order valence-corrected chi connectivity index (χ2v) is 6.93. The number of nitrogens with zero attached hydrogens (tertiary/aromatic N) is 3. The molecule has 3 aromatic rings. The van der Waals surface area contributed by atoms with Gasteiger partial charge in [-0.2, -0.15) is 5.26 Å². The van der Waals surface area contributed by atoms with Crippen LogP contribution in [0.5, 0.6) is 5.75 Å². The third-order valence-corrected chi connectivity index (χ3v) is 4.67. The Balaban J connectivity index is 1.45. The van der Waals surface area contributed by atoms with Crippen molar-refractivity contribution in [1.29, 1.82) is 5.26 Å². The molecule has 1 heterocycles. The van der Waals surface area contributed by atoms with Crippen LogP contribution in [0.2, 0.25) is 0 Å². The van der Waals surface area contributed by atoms with Gasteiger partial charge in [0.2, 0.25) is 11.1 Å². The monoisotopic (exact) mass is 393 g/mol. The van der Waals surface area contributed by atoms with Crippen LogP contribution in [-0.4, -0.2) is 26.8 Å². The zero-order valence-electron chi connectivity index (χ0n) is 15.3. The predicted octanol–water partition coefficient (Wildman–Crippen LogP) is 3.49. The Hall–Kier alpha value is -3.31. The first-order valence-electron chi connectivity index (χ1n) is 8.62. The summed E-state index contributed by atoms with van der Waals surface area (Å²) in [6.07, 6.45) is 0.352. The van der Waals surface area contributed by atoms with Gasteiger partial charge in [0.25, 0.3) is 0 Å². The van der Waals surface area contributed by atoms with E-state index in [1.165, 1.54) is 11.8 Å². The molecule has 3 rings (SSSR count). The maximum atomic E-state index is 12.1. The van der Waals surface area contributed by atoms with Gasteiger partial charge in [-0.05, 0) is 36.2 Å². The highest BCUT2D eigenvalue weighted by Crippen LogP contribution is 2.18. The van der Waals surface area contributed by atoms with Gasteiger partial charge in [0, 0.05) is 5.69 Å². The van der Waals surface area contributed by atoms with Crippen molar-refractivity contribution in [2.45, 2.75) is 25.1 Å². The van der Waals surface area contributed by atoms with Gasteiger partial charge >= 0.3 is 0 Å². The lowest BCUT2D eigenvalue weighted by molar-refractivity contribution is -0.113. The van der Waals surface area contributed by atoms with Gasteiger partial charge in [-0.25, -0.2) is 4.98 Å². The number of H-pyrrole nitrogens is 1. The average molecular weight is 393 g/mol. The number of carbonyl (C=O) groups excluding carboxylic acids is 1. The second kappa shape index (κ2) is 9.58. The van der Waals surface area contributed by atoms with E-state index in [0.29, 0.717) is 23.1 Å². The zero-order chi connectivity index (χ0) is 19.8. The van der Waals surface area contributed by atoms with E-state index in [0.717, 1.165) is 16.9 Å². The quantitative estimate of drug-likeness (QED) is 0.568. The normalized spacial score (nSPS) is 10.3. The van der Waals surface area contributed by atoms with Crippen molar-refractivity contribution >= 4 is 23.4 Å². The van der Waals surface area contributed by atoms with E-state index < -0.39 is 0 Å². The molecule has 0 radical (unpaired) electrons. The van der Waals surface area contributed by atoms with Gasteiger partial charge in [0.05, 0.1) is 18.2 Å². The summed E-state index contributed by atoms with van der Waals surface area (Å²) in [5.41, 5.74) is 2.65. The molecule has 8 heteroatoms. The van der Waals surface area contributed by atoms with Crippen molar-refractivity contribution in [1.82, 2.24) is 15.2 Å². The number of aromatic nitrogens is 3. The highest BCUT2D eigenvalue weighted by Gasteiger charge is 2.09. The lowest BCUT2D eigenvalue weighted by Gasteiger charge is -2.06. The summed E-state index contributed by atoms with van der Waals surface area (Å²) >= 11 is 1.24. The Morgan fingerprint density at radius 3 is 2.79 bits per heavy atom. The molecule has 2 aromatic carbocycles. The van der Waals surface area contributed by atoms with Crippen molar-refractivity contribution in [3.8, 4) is 11.8 Å². The fourth-order valence-corrected chi connectivity index (χ4v) is 3.01. The fourth-order valence-electron chi connectivity index (χ4n) is 2.40. The summed E-state index contributed by atoms with van der Waals surface area (Å²) in [4.78, 5) is 16.4. The number of amides is 1. The zero-order valence-corrected chi connectivity index (χ0v) is 16.1. The van der Waals surface area contributed by atoms with Crippen molar-refractivity contribution < 1.29 is 9.53 Å². The van der Waals surface area contributed by atoms with E-state index in [1.54, 1.807) is 12.1 Å². The minimum Gasteiger partial charge on any atom is -0.485 e. The molecule has 0 aliphatic rings. The first-order valence-corrected chi connectivity index (χ1v) is 9.61. The number of para-hydroxylation sites is 1. The van der Waals surface area contributed by atoms with E-state index in [4.69, 9.17) is 10.00 Å². The molecule has 1 aromatic heterocycles. The highest BCUT2D eigenvalue weighted by molar-refractivity contribution is 7.99. The molecular weight excluding hydrogens is 374 g/mol. The van der Waals surface area contributed by atoms with Crippen LogP contribution in [-0.2, 0) is 17.8 Å². The van der Waals surface area contributed by atoms with Crippen LogP contribution in [0.1, 0.15) is 17.0 Å². The molecule has 28 heavy (non-hydrogen) atoms. The summed E-state index contributed by atoms with van der Waals surface area (Å²) in [5.74, 6) is 1.43. The number of nitrogens with one attached hydrogen (secondary N) is 2. The summed E-state index contributed by atoms with van der Waals surface area (Å²) in [5, 5.41) is 18.9. The van der Waals surface area contributed by atoms with Gasteiger partial charge in [-0.15, -0.1) is 5.10 Å². The summed E-state index contributed by atoms with van der Waals surface area (Å²) in [6.45, 7) is 2.26. The molecule has 0 saturated carbocycles. The lowest BCUT2D eigenvalue weighted by atomic mass is 10.1. The van der Waals surface area contributed by atoms with E-state index in [9.17, 15) is 4.79 Å². The lowest BCUT2D eigenvalue weighted by Crippen LogP contribution is -2.14. The minimum absolute atomic E-state index is 0.152. The molecule has 0 unspecified atom stereocenters. The smallest absolute Gasteiger partial charge is 0.234 e. The van der Waals surface area contributed by atoms with E-state index in [-0.39, 0.29) is 18.3 Å². The van der Waals surface area contributed by atoms with Crippen LogP contribution < -0.4 is 10.1 Å². The second-order valence-electron chi connectivity index (χ2n) is 5.99. The number of hydrogen-bond acceptors (Lipinski definition) is 6. The predicted molar refractivity (Wildman–Crippen MR) is 107 cm³/mol. The average Bonchev–Trinajstić information content (AvgIpc) is 3.15. The molecule has 0 atom stereocenters. The molecule has 7 nitrogen and oxygen atoms in total. The first kappa shape index (κ1) is 19.5. The third-order valence-electron chi connectivity index (χ3n) is 3.82. The van der Waals surface area contributed by atoms with Gasteiger partial charge in [0.15, 0.2) is 5.82 Å². The number of benzene rings is 2. The number of ether oxygens (including phenoxy) is 1. The molecule has 0 fully saturated rings. The number of thioether (sulfide) groups is 1. The molecule has 0 spiro atoms. The summed E-state index contributed by atoms with van der Waals surface area (Å²) < 4.78 is 5.73. The molecule has 0 aliphatic carbocycles. The fraction of sp³-hybridized carbons (Fsp3) is 0.200. The topological polar surface area (TPSA) is 104 Å². The number of hydrogen-bond donors (Lipinski definition) is 2. The summed E-state index contributed by atoms with van der Waals surface area (Å²) in [7, 11) is 0. The molecule has 1 amide bonds. The minimum atomic E-state index is -0.152. The van der Waals surface area contributed by atoms with Crippen LogP contribution in [0.25, 0.3) is 0 Å². The van der Waals surface area contributed by atoms with Gasteiger partial charge in [-0.3, -0.25) is 9.89 Å². The Labute approximate surface area is 167 Å². The Morgan fingerprint density at radius 2 is 2.04 bits per heavy atom. The first-order chi connectivity index (χ1) is 13.6. The summed E-state index contributed by atoms with van der Waals surface area (Å²) in [6, 6.07) is 17.0. The maximum absolute atomic E-state index is 12.1. The van der Waals surface area contributed by atoms with Crippen molar-refractivity contribution in [2.75, 3.05) is 11.1 Å². The van der Waals surface area contributed by atoms with E-state index in [2.05, 4.69) is 26.6 Å². The van der Waals surface area contributed by atoms with Gasteiger partial charge in [0.1, 0.15) is 12.4 Å². The Morgan fingerprint density at radius 1 is 1.25 bits per heavy atom. The molecule has 0 saturated heterocycles. The maximum Gasteiger partial charge on any atom is 0.234 e. The van der Waals surface area contributed by atoms with Crippen LogP contribution in [0, 0.1) is 18.3 Å². The molecule has 0 aliphatic heterocycles. The van der Waals surface area contributed by atoms with Crippen LogP contribution in [0.3, 0.4) is 0 Å². The SMILES string of the molecule is Cc1ccccc1OCc1nc(SCC(=O)Nc2ccc(CC#N)cc2)n[nH]1. The number of carbonyl (C=O) groups is 1. The molecule has 0 bridgehead atoms. The number of aromatic amines is 1. The van der Waals surface area contributed by atoms with Gasteiger partial charge in [-0.1, -0.05) is 42.1 Å². The van der Waals surface area contributed by atoms with E-state index >= 15 is 0 Å². The molecule has 142 valence electrons.